The summed E-state index contributed by atoms with van der Waals surface area (Å²) in [7, 11) is 0. The van der Waals surface area contributed by atoms with Crippen molar-refractivity contribution in [1.82, 2.24) is 4.90 Å². The molecule has 0 bridgehead atoms. The Kier molecular flexibility index (Phi) is 6.59. The molecule has 1 fully saturated rings. The Bertz CT molecular complexity index is 591. The highest BCUT2D eigenvalue weighted by molar-refractivity contribution is 5.93. The molecule has 0 unspecified atom stereocenters. The third-order valence-electron chi connectivity index (χ3n) is 4.96. The molecule has 1 aromatic carbocycles. The second kappa shape index (κ2) is 8.48. The van der Waals surface area contributed by atoms with Crippen LogP contribution in [0.3, 0.4) is 0 Å². The van der Waals surface area contributed by atoms with Crippen LogP contribution in [0.4, 0.5) is 5.69 Å². The number of quaternary nitrogens is 1. The van der Waals surface area contributed by atoms with Crippen molar-refractivity contribution in [3.63, 3.8) is 0 Å². The summed E-state index contributed by atoms with van der Waals surface area (Å²) in [5.41, 5.74) is 3.37. The summed E-state index contributed by atoms with van der Waals surface area (Å²) in [5, 5.41) is 3.18. The fraction of sp³-hybridized carbons (Fsp3) is 0.600. The number of hydrogen-bond donors (Lipinski definition) is 2. The largest absolute Gasteiger partial charge is 0.332 e. The first kappa shape index (κ1) is 19.4. The van der Waals surface area contributed by atoms with Crippen LogP contribution < -0.4 is 10.2 Å². The van der Waals surface area contributed by atoms with Crippen molar-refractivity contribution in [2.24, 2.45) is 0 Å². The van der Waals surface area contributed by atoms with E-state index < -0.39 is 0 Å². The van der Waals surface area contributed by atoms with Gasteiger partial charge in [0.2, 0.25) is 5.91 Å². The van der Waals surface area contributed by atoms with Crippen LogP contribution in [0.2, 0.25) is 0 Å². The van der Waals surface area contributed by atoms with Gasteiger partial charge in [-0.15, -0.1) is 0 Å². The maximum absolute atomic E-state index is 12.6. The molecule has 2 amide bonds. The molecule has 1 aliphatic heterocycles. The highest BCUT2D eigenvalue weighted by atomic mass is 16.2. The molecule has 1 heterocycles. The van der Waals surface area contributed by atoms with E-state index in [0.29, 0.717) is 18.4 Å². The van der Waals surface area contributed by atoms with Crippen LogP contribution in [-0.4, -0.2) is 49.4 Å². The van der Waals surface area contributed by atoms with E-state index in [2.05, 4.69) is 51.2 Å². The van der Waals surface area contributed by atoms with E-state index in [1.54, 1.807) is 6.92 Å². The van der Waals surface area contributed by atoms with Gasteiger partial charge >= 0.3 is 0 Å². The summed E-state index contributed by atoms with van der Waals surface area (Å²) in [6, 6.07) is 6.28. The topological polar surface area (TPSA) is 53.9 Å². The minimum atomic E-state index is 0.0567. The SMILES string of the molecule is CC(=O)N1CC[NH+](CC(=O)Nc2c(C(C)C)cccc2C(C)C)CC1. The van der Waals surface area contributed by atoms with Crippen LogP contribution >= 0.6 is 0 Å². The Morgan fingerprint density at radius 3 is 2.04 bits per heavy atom. The Morgan fingerprint density at radius 2 is 1.60 bits per heavy atom. The van der Waals surface area contributed by atoms with Gasteiger partial charge in [0.05, 0.1) is 26.2 Å². The monoisotopic (exact) mass is 346 g/mol. The smallest absolute Gasteiger partial charge is 0.279 e. The number of nitrogens with one attached hydrogen (secondary N) is 2. The van der Waals surface area contributed by atoms with E-state index in [9.17, 15) is 9.59 Å². The van der Waals surface area contributed by atoms with Gasteiger partial charge in [0.15, 0.2) is 6.54 Å². The Balaban J connectivity index is 2.04. The molecule has 5 nitrogen and oxygen atoms in total. The standard InChI is InChI=1S/C20H31N3O2/c1-14(2)17-7-6-8-18(15(3)4)20(17)21-19(25)13-22-9-11-23(12-10-22)16(5)24/h6-8,14-15H,9-13H2,1-5H3,(H,21,25)/p+1. The van der Waals surface area contributed by atoms with Gasteiger partial charge in [0, 0.05) is 12.6 Å². The molecule has 1 aliphatic rings. The number of rotatable bonds is 5. The number of piperazine rings is 1. The van der Waals surface area contributed by atoms with Gasteiger partial charge < -0.3 is 15.1 Å². The van der Waals surface area contributed by atoms with E-state index >= 15 is 0 Å². The zero-order valence-electron chi connectivity index (χ0n) is 16.2. The number of amides is 2. The van der Waals surface area contributed by atoms with Crippen LogP contribution in [0.1, 0.15) is 57.6 Å². The van der Waals surface area contributed by atoms with E-state index in [0.717, 1.165) is 31.9 Å². The molecule has 0 atom stereocenters. The van der Waals surface area contributed by atoms with Crippen LogP contribution in [-0.2, 0) is 9.59 Å². The molecule has 25 heavy (non-hydrogen) atoms. The van der Waals surface area contributed by atoms with Crippen LogP contribution in [0.15, 0.2) is 18.2 Å². The third-order valence-corrected chi connectivity index (χ3v) is 4.96. The van der Waals surface area contributed by atoms with Gasteiger partial charge in [-0.25, -0.2) is 0 Å². The Morgan fingerprint density at radius 1 is 1.08 bits per heavy atom. The van der Waals surface area contributed by atoms with E-state index in [1.807, 2.05) is 4.90 Å². The van der Waals surface area contributed by atoms with E-state index in [4.69, 9.17) is 0 Å². The summed E-state index contributed by atoms with van der Waals surface area (Å²) in [4.78, 5) is 27.1. The highest BCUT2D eigenvalue weighted by Gasteiger charge is 2.24. The Hall–Kier alpha value is -1.88. The summed E-state index contributed by atoms with van der Waals surface area (Å²) in [5.74, 6) is 0.901. The first-order valence-electron chi connectivity index (χ1n) is 9.31. The zero-order valence-corrected chi connectivity index (χ0v) is 16.2. The quantitative estimate of drug-likeness (QED) is 0.851. The third kappa shape index (κ3) is 5.05. The van der Waals surface area contributed by atoms with Gasteiger partial charge in [0.25, 0.3) is 5.91 Å². The maximum atomic E-state index is 12.6. The van der Waals surface area contributed by atoms with Crippen molar-refractivity contribution >= 4 is 17.5 Å². The Labute approximate surface area is 151 Å². The van der Waals surface area contributed by atoms with Crippen LogP contribution in [0, 0.1) is 0 Å². The second-order valence-corrected chi connectivity index (χ2v) is 7.60. The summed E-state index contributed by atoms with van der Waals surface area (Å²) in [6.45, 7) is 13.8. The predicted molar refractivity (Wildman–Crippen MR) is 101 cm³/mol. The number of anilines is 1. The number of benzene rings is 1. The minimum Gasteiger partial charge on any atom is -0.332 e. The summed E-state index contributed by atoms with van der Waals surface area (Å²) in [6.07, 6.45) is 0. The second-order valence-electron chi connectivity index (χ2n) is 7.60. The number of carbonyl (C=O) groups is 2. The molecule has 1 saturated heterocycles. The maximum Gasteiger partial charge on any atom is 0.279 e. The number of hydrogen-bond acceptors (Lipinski definition) is 2. The molecule has 0 spiro atoms. The molecule has 2 N–H and O–H groups in total. The fourth-order valence-corrected chi connectivity index (χ4v) is 3.42. The van der Waals surface area contributed by atoms with Crippen molar-refractivity contribution in [3.8, 4) is 0 Å². The van der Waals surface area contributed by atoms with Crippen molar-refractivity contribution in [2.45, 2.75) is 46.5 Å². The number of nitrogens with zero attached hydrogens (tertiary/aromatic N) is 1. The van der Waals surface area contributed by atoms with Crippen molar-refractivity contribution in [2.75, 3.05) is 38.0 Å². The van der Waals surface area contributed by atoms with Crippen molar-refractivity contribution in [1.29, 1.82) is 0 Å². The average molecular weight is 346 g/mol. The fourth-order valence-electron chi connectivity index (χ4n) is 3.42. The van der Waals surface area contributed by atoms with Gasteiger partial charge in [0.1, 0.15) is 0 Å². The highest BCUT2D eigenvalue weighted by Crippen LogP contribution is 2.32. The molecule has 5 heteroatoms. The first-order chi connectivity index (χ1) is 11.8. The molecular weight excluding hydrogens is 314 g/mol. The number of para-hydroxylation sites is 1. The molecular formula is C20H32N3O2+. The lowest BCUT2D eigenvalue weighted by Crippen LogP contribution is -3.15. The van der Waals surface area contributed by atoms with Crippen molar-refractivity contribution < 1.29 is 14.5 Å². The summed E-state index contributed by atoms with van der Waals surface area (Å²) >= 11 is 0. The molecule has 1 aromatic rings. The van der Waals surface area contributed by atoms with Gasteiger partial charge in [-0.05, 0) is 23.0 Å². The number of carbonyl (C=O) groups excluding carboxylic acids is 2. The molecule has 0 radical (unpaired) electrons. The van der Waals surface area contributed by atoms with Crippen LogP contribution in [0.25, 0.3) is 0 Å². The van der Waals surface area contributed by atoms with E-state index in [1.165, 1.54) is 16.0 Å². The minimum absolute atomic E-state index is 0.0567. The molecule has 2 rings (SSSR count). The molecule has 0 aromatic heterocycles. The normalized spacial score (nSPS) is 15.7. The average Bonchev–Trinajstić information content (AvgIpc) is 2.54. The van der Waals surface area contributed by atoms with Gasteiger partial charge in [-0.1, -0.05) is 45.9 Å². The van der Waals surface area contributed by atoms with Crippen molar-refractivity contribution in [3.05, 3.63) is 29.3 Å². The van der Waals surface area contributed by atoms with E-state index in [-0.39, 0.29) is 11.8 Å². The first-order valence-corrected chi connectivity index (χ1v) is 9.31. The zero-order chi connectivity index (χ0) is 18.6. The van der Waals surface area contributed by atoms with Crippen LogP contribution in [0.5, 0.6) is 0 Å². The summed E-state index contributed by atoms with van der Waals surface area (Å²) < 4.78 is 0. The lowest BCUT2D eigenvalue weighted by Gasteiger charge is -2.31. The molecule has 0 saturated carbocycles. The molecule has 0 aliphatic carbocycles. The lowest BCUT2D eigenvalue weighted by molar-refractivity contribution is -0.895. The lowest BCUT2D eigenvalue weighted by atomic mass is 9.92. The van der Waals surface area contributed by atoms with Gasteiger partial charge in [-0.2, -0.15) is 0 Å². The molecule has 138 valence electrons. The van der Waals surface area contributed by atoms with Gasteiger partial charge in [-0.3, -0.25) is 9.59 Å². The predicted octanol–water partition coefficient (Wildman–Crippen LogP) is 1.62.